The Morgan fingerprint density at radius 2 is 1.86 bits per heavy atom. The number of benzene rings is 2. The number of alkyl halides is 3. The summed E-state index contributed by atoms with van der Waals surface area (Å²) in [4.78, 5) is 13.8. The average Bonchev–Trinajstić information content (AvgIpc) is 3.01. The molecule has 1 fully saturated rings. The third-order valence-corrected chi connectivity index (χ3v) is 4.75. The Balaban J connectivity index is 1.63. The van der Waals surface area contributed by atoms with E-state index in [-0.39, 0.29) is 17.3 Å². The van der Waals surface area contributed by atoms with Gasteiger partial charge in [-0.05, 0) is 24.3 Å². The highest BCUT2D eigenvalue weighted by atomic mass is 19.4. The monoisotopic (exact) mass is 389 g/mol. The number of carbonyl (C=O) groups is 1. The minimum absolute atomic E-state index is 0.137. The van der Waals surface area contributed by atoms with Crippen LogP contribution in [-0.4, -0.2) is 32.2 Å². The number of anilines is 3. The third kappa shape index (κ3) is 3.55. The molecule has 2 heterocycles. The van der Waals surface area contributed by atoms with Crippen molar-refractivity contribution in [2.24, 2.45) is 0 Å². The maximum absolute atomic E-state index is 13.6. The van der Waals surface area contributed by atoms with Gasteiger partial charge in [0.05, 0.1) is 24.4 Å². The van der Waals surface area contributed by atoms with Crippen molar-refractivity contribution in [3.05, 3.63) is 59.8 Å². The number of para-hydroxylation sites is 1. The molecule has 2 aliphatic rings. The Morgan fingerprint density at radius 1 is 1.11 bits per heavy atom. The van der Waals surface area contributed by atoms with E-state index in [0.29, 0.717) is 43.1 Å². The number of fused-ring (bicyclic) bond motifs is 1. The summed E-state index contributed by atoms with van der Waals surface area (Å²) in [6.45, 7) is 1.63. The van der Waals surface area contributed by atoms with E-state index in [9.17, 15) is 18.0 Å². The van der Waals surface area contributed by atoms with Crippen molar-refractivity contribution in [3.63, 3.8) is 0 Å². The first-order valence-electron chi connectivity index (χ1n) is 8.85. The van der Waals surface area contributed by atoms with E-state index in [4.69, 9.17) is 4.74 Å². The molecule has 0 radical (unpaired) electrons. The van der Waals surface area contributed by atoms with Gasteiger partial charge in [-0.1, -0.05) is 18.2 Å². The van der Waals surface area contributed by atoms with Gasteiger partial charge in [0, 0.05) is 41.9 Å². The molecule has 1 amide bonds. The molecule has 4 rings (SSSR count). The second kappa shape index (κ2) is 7.20. The normalized spacial score (nSPS) is 18.2. The summed E-state index contributed by atoms with van der Waals surface area (Å²) < 4.78 is 46.1. The molecule has 0 spiro atoms. The summed E-state index contributed by atoms with van der Waals surface area (Å²) in [6, 6.07) is 11.3. The number of rotatable bonds is 3. The van der Waals surface area contributed by atoms with E-state index in [2.05, 4.69) is 10.6 Å². The smallest absolute Gasteiger partial charge is 0.378 e. The number of carbonyl (C=O) groups excluding carboxylic acids is 1. The van der Waals surface area contributed by atoms with Crippen molar-refractivity contribution in [1.82, 2.24) is 0 Å². The summed E-state index contributed by atoms with van der Waals surface area (Å²) >= 11 is 0. The molecule has 2 N–H and O–H groups in total. The average molecular weight is 389 g/mol. The summed E-state index contributed by atoms with van der Waals surface area (Å²) in [5, 5.41) is 5.56. The maximum Gasteiger partial charge on any atom is 0.418 e. The Bertz CT molecular complexity index is 935. The lowest BCUT2D eigenvalue weighted by Crippen LogP contribution is -2.37. The van der Waals surface area contributed by atoms with Gasteiger partial charge >= 0.3 is 6.18 Å². The van der Waals surface area contributed by atoms with Gasteiger partial charge in [0.2, 0.25) is 0 Å². The zero-order valence-electron chi connectivity index (χ0n) is 14.8. The number of morpholine rings is 1. The molecule has 8 heteroatoms. The second-order valence-corrected chi connectivity index (χ2v) is 6.53. The van der Waals surface area contributed by atoms with Gasteiger partial charge in [-0.15, -0.1) is 0 Å². The van der Waals surface area contributed by atoms with E-state index in [0.717, 1.165) is 6.07 Å². The number of hydrogen-bond acceptors (Lipinski definition) is 4. The zero-order chi connectivity index (χ0) is 19.7. The van der Waals surface area contributed by atoms with Crippen LogP contribution in [0, 0.1) is 0 Å². The molecule has 1 saturated heterocycles. The van der Waals surface area contributed by atoms with Crippen molar-refractivity contribution >= 4 is 28.5 Å². The Hall–Kier alpha value is -3.00. The topological polar surface area (TPSA) is 53.6 Å². The lowest BCUT2D eigenvalue weighted by molar-refractivity contribution is -0.137. The van der Waals surface area contributed by atoms with Crippen LogP contribution < -0.4 is 15.5 Å². The standard InChI is InChI=1S/C20H18F3N3O2/c21-20(22,23)16-11-13(5-6-18(16)26-7-9-28-10-8-26)24-12-15-14-3-1-2-4-17(14)25-19(15)27/h1-6,11-12,24H,7-10H2,(H,25,27)/b15-12+. The van der Waals surface area contributed by atoms with E-state index in [1.165, 1.54) is 12.3 Å². The van der Waals surface area contributed by atoms with Crippen LogP contribution in [0.2, 0.25) is 0 Å². The molecule has 2 aromatic rings. The van der Waals surface area contributed by atoms with Gasteiger partial charge in [0.15, 0.2) is 0 Å². The van der Waals surface area contributed by atoms with Gasteiger partial charge in [-0.25, -0.2) is 0 Å². The zero-order valence-corrected chi connectivity index (χ0v) is 14.8. The molecular formula is C20H18F3N3O2. The summed E-state index contributed by atoms with van der Waals surface area (Å²) in [5.41, 5.74) is 1.45. The summed E-state index contributed by atoms with van der Waals surface area (Å²) in [5.74, 6) is -0.297. The third-order valence-electron chi connectivity index (χ3n) is 4.75. The minimum Gasteiger partial charge on any atom is -0.378 e. The van der Waals surface area contributed by atoms with Crippen LogP contribution in [0.5, 0.6) is 0 Å². The van der Waals surface area contributed by atoms with Gasteiger partial charge in [-0.2, -0.15) is 13.2 Å². The van der Waals surface area contributed by atoms with Crippen LogP contribution in [0.3, 0.4) is 0 Å². The van der Waals surface area contributed by atoms with Crippen molar-refractivity contribution in [3.8, 4) is 0 Å². The fourth-order valence-electron chi connectivity index (χ4n) is 3.37. The molecule has 146 valence electrons. The number of ether oxygens (including phenoxy) is 1. The van der Waals surface area contributed by atoms with Crippen molar-refractivity contribution in [1.29, 1.82) is 0 Å². The largest absolute Gasteiger partial charge is 0.418 e. The number of halogens is 3. The predicted octanol–water partition coefficient (Wildman–Crippen LogP) is 3.95. The van der Waals surface area contributed by atoms with Crippen molar-refractivity contribution in [2.75, 3.05) is 41.8 Å². The highest BCUT2D eigenvalue weighted by Crippen LogP contribution is 2.39. The van der Waals surface area contributed by atoms with E-state index in [1.807, 2.05) is 0 Å². The van der Waals surface area contributed by atoms with Gasteiger partial charge < -0.3 is 20.3 Å². The van der Waals surface area contributed by atoms with Gasteiger partial charge in [-0.3, -0.25) is 4.79 Å². The SMILES string of the molecule is O=C1Nc2ccccc2/C1=C\Nc1ccc(N2CCOCC2)c(C(F)(F)F)c1. The van der Waals surface area contributed by atoms with Crippen LogP contribution in [0.15, 0.2) is 48.7 Å². The molecule has 0 aliphatic carbocycles. The van der Waals surface area contributed by atoms with Crippen LogP contribution in [-0.2, 0) is 15.7 Å². The molecule has 0 saturated carbocycles. The molecule has 5 nitrogen and oxygen atoms in total. The first-order valence-corrected chi connectivity index (χ1v) is 8.85. The fraction of sp³-hybridized carbons (Fsp3) is 0.250. The molecule has 0 atom stereocenters. The summed E-state index contributed by atoms with van der Waals surface area (Å²) in [6.07, 6.45) is -3.05. The predicted molar refractivity (Wildman–Crippen MR) is 101 cm³/mol. The quantitative estimate of drug-likeness (QED) is 0.781. The van der Waals surface area contributed by atoms with Gasteiger partial charge in [0.1, 0.15) is 0 Å². The highest BCUT2D eigenvalue weighted by molar-refractivity contribution is 6.31. The molecule has 0 unspecified atom stereocenters. The van der Waals surface area contributed by atoms with Gasteiger partial charge in [0.25, 0.3) is 5.91 Å². The summed E-state index contributed by atoms with van der Waals surface area (Å²) in [7, 11) is 0. The Labute approximate surface area is 159 Å². The van der Waals surface area contributed by atoms with E-state index >= 15 is 0 Å². The second-order valence-electron chi connectivity index (χ2n) is 6.53. The molecule has 0 bridgehead atoms. The van der Waals surface area contributed by atoms with Crippen LogP contribution >= 0.6 is 0 Å². The molecule has 28 heavy (non-hydrogen) atoms. The van der Waals surface area contributed by atoms with Crippen LogP contribution in [0.4, 0.5) is 30.2 Å². The number of amides is 1. The highest BCUT2D eigenvalue weighted by Gasteiger charge is 2.35. The van der Waals surface area contributed by atoms with Crippen molar-refractivity contribution < 1.29 is 22.7 Å². The first kappa shape index (κ1) is 18.4. The molecular weight excluding hydrogens is 371 g/mol. The first-order chi connectivity index (χ1) is 13.4. The lowest BCUT2D eigenvalue weighted by atomic mass is 10.1. The van der Waals surface area contributed by atoms with Crippen LogP contribution in [0.1, 0.15) is 11.1 Å². The van der Waals surface area contributed by atoms with Crippen molar-refractivity contribution in [2.45, 2.75) is 6.18 Å². The number of hydrogen-bond donors (Lipinski definition) is 2. The maximum atomic E-state index is 13.6. The van der Waals surface area contributed by atoms with Crippen LogP contribution in [0.25, 0.3) is 5.57 Å². The minimum atomic E-state index is -4.49. The van der Waals surface area contributed by atoms with E-state index < -0.39 is 11.7 Å². The Kier molecular flexibility index (Phi) is 4.72. The lowest BCUT2D eigenvalue weighted by Gasteiger charge is -2.31. The van der Waals surface area contributed by atoms with E-state index in [1.54, 1.807) is 35.2 Å². The number of nitrogens with one attached hydrogen (secondary N) is 2. The fourth-order valence-corrected chi connectivity index (χ4v) is 3.37. The number of nitrogens with zero attached hydrogens (tertiary/aromatic N) is 1. The molecule has 2 aromatic carbocycles. The molecule has 0 aromatic heterocycles. The Morgan fingerprint density at radius 3 is 2.61 bits per heavy atom. The molecule has 2 aliphatic heterocycles.